The monoisotopic (exact) mass is 271 g/mol. The fourth-order valence-corrected chi connectivity index (χ4v) is 2.72. The van der Waals surface area contributed by atoms with Crippen LogP contribution in [0, 0.1) is 0 Å². The molecule has 0 aliphatic rings. The number of aromatic nitrogens is 2. The largest absolute Gasteiger partial charge is 0.333 e. The summed E-state index contributed by atoms with van der Waals surface area (Å²) in [6.07, 6.45) is 1.15. The van der Waals surface area contributed by atoms with Gasteiger partial charge in [0.15, 0.2) is 5.16 Å². The fraction of sp³-hybridized carbons (Fsp3) is 0.300. The van der Waals surface area contributed by atoms with Gasteiger partial charge in [0.05, 0.1) is 17.3 Å². The molecule has 0 spiro atoms. The number of benzene rings is 1. The van der Waals surface area contributed by atoms with Gasteiger partial charge < -0.3 is 4.98 Å². The first-order chi connectivity index (χ1) is 8.04. The molecular formula is C10H13N3O2S2. The van der Waals surface area contributed by atoms with Crippen LogP contribution in [-0.2, 0) is 10.0 Å². The standard InChI is InChI=1S/C10H13N3O2S2/c1-17(14,15)11-6-7-16-10-12-8-4-2-3-5-9(8)13-10/h2-5,11H,6-7H2,1H3,(H,12,13). The van der Waals surface area contributed by atoms with Gasteiger partial charge in [0.1, 0.15) is 0 Å². The van der Waals surface area contributed by atoms with Crippen molar-refractivity contribution in [1.82, 2.24) is 14.7 Å². The molecule has 1 heterocycles. The van der Waals surface area contributed by atoms with Crippen molar-refractivity contribution in [3.8, 4) is 0 Å². The lowest BCUT2D eigenvalue weighted by Gasteiger charge is -1.99. The van der Waals surface area contributed by atoms with Crippen molar-refractivity contribution < 1.29 is 8.42 Å². The fourth-order valence-electron chi connectivity index (χ4n) is 1.37. The van der Waals surface area contributed by atoms with Crippen LogP contribution in [0.2, 0.25) is 0 Å². The molecule has 2 aromatic rings. The van der Waals surface area contributed by atoms with E-state index in [1.165, 1.54) is 11.8 Å². The predicted octanol–water partition coefficient (Wildman–Crippen LogP) is 1.20. The predicted molar refractivity (Wildman–Crippen MR) is 69.7 cm³/mol. The summed E-state index contributed by atoms with van der Waals surface area (Å²) >= 11 is 1.49. The van der Waals surface area contributed by atoms with Gasteiger partial charge >= 0.3 is 0 Å². The van der Waals surface area contributed by atoms with Crippen LogP contribution in [0.4, 0.5) is 0 Å². The zero-order chi connectivity index (χ0) is 12.3. The number of imidazole rings is 1. The summed E-state index contributed by atoms with van der Waals surface area (Å²) < 4.78 is 24.1. The Labute approximate surface area is 104 Å². The van der Waals surface area contributed by atoms with Crippen LogP contribution >= 0.6 is 11.8 Å². The van der Waals surface area contributed by atoms with E-state index < -0.39 is 10.0 Å². The zero-order valence-corrected chi connectivity index (χ0v) is 10.9. The first kappa shape index (κ1) is 12.4. The third-order valence-electron chi connectivity index (χ3n) is 2.07. The smallest absolute Gasteiger partial charge is 0.208 e. The van der Waals surface area contributed by atoms with E-state index in [2.05, 4.69) is 14.7 Å². The highest BCUT2D eigenvalue weighted by atomic mass is 32.2. The molecule has 1 aromatic heterocycles. The molecule has 0 saturated heterocycles. The average molecular weight is 271 g/mol. The van der Waals surface area contributed by atoms with Crippen molar-refractivity contribution in [2.45, 2.75) is 5.16 Å². The molecule has 5 nitrogen and oxygen atoms in total. The van der Waals surface area contributed by atoms with Crippen LogP contribution < -0.4 is 4.72 Å². The van der Waals surface area contributed by atoms with E-state index in [4.69, 9.17) is 0 Å². The maximum absolute atomic E-state index is 10.8. The lowest BCUT2D eigenvalue weighted by Crippen LogP contribution is -2.24. The van der Waals surface area contributed by atoms with E-state index in [0.29, 0.717) is 12.3 Å². The van der Waals surface area contributed by atoms with Crippen molar-refractivity contribution >= 4 is 32.8 Å². The van der Waals surface area contributed by atoms with E-state index in [1.807, 2.05) is 24.3 Å². The van der Waals surface area contributed by atoms with Gasteiger partial charge in [0, 0.05) is 12.3 Å². The Morgan fingerprint density at radius 2 is 2.18 bits per heavy atom. The molecule has 0 unspecified atom stereocenters. The number of hydrogen-bond acceptors (Lipinski definition) is 4. The number of thioether (sulfide) groups is 1. The second-order valence-electron chi connectivity index (χ2n) is 3.57. The summed E-state index contributed by atoms with van der Waals surface area (Å²) in [4.78, 5) is 7.54. The van der Waals surface area contributed by atoms with Crippen LogP contribution in [0.1, 0.15) is 0 Å². The van der Waals surface area contributed by atoms with E-state index in [-0.39, 0.29) is 0 Å². The molecule has 0 atom stereocenters. The number of fused-ring (bicyclic) bond motifs is 1. The molecular weight excluding hydrogens is 258 g/mol. The third-order valence-corrected chi connectivity index (χ3v) is 3.68. The molecule has 2 N–H and O–H groups in total. The molecule has 0 saturated carbocycles. The number of rotatable bonds is 5. The van der Waals surface area contributed by atoms with Crippen LogP contribution in [0.15, 0.2) is 29.4 Å². The Morgan fingerprint density at radius 1 is 1.41 bits per heavy atom. The van der Waals surface area contributed by atoms with Gasteiger partial charge in [-0.25, -0.2) is 18.1 Å². The minimum Gasteiger partial charge on any atom is -0.333 e. The molecule has 0 aliphatic heterocycles. The van der Waals surface area contributed by atoms with Gasteiger partial charge in [-0.05, 0) is 12.1 Å². The molecule has 2 rings (SSSR count). The molecule has 0 aliphatic carbocycles. The van der Waals surface area contributed by atoms with Crippen LogP contribution in [-0.4, -0.2) is 36.9 Å². The molecule has 0 bridgehead atoms. The highest BCUT2D eigenvalue weighted by Gasteiger charge is 2.03. The second-order valence-corrected chi connectivity index (χ2v) is 6.49. The molecule has 17 heavy (non-hydrogen) atoms. The molecule has 7 heteroatoms. The van der Waals surface area contributed by atoms with Crippen LogP contribution in [0.25, 0.3) is 11.0 Å². The number of sulfonamides is 1. The Hall–Kier alpha value is -1.05. The molecule has 0 fully saturated rings. The normalized spacial score (nSPS) is 12.1. The summed E-state index contributed by atoms with van der Waals surface area (Å²) in [5.74, 6) is 0.646. The summed E-state index contributed by atoms with van der Waals surface area (Å²) in [5, 5.41) is 0.807. The Morgan fingerprint density at radius 3 is 2.88 bits per heavy atom. The van der Waals surface area contributed by atoms with Gasteiger partial charge in [-0.15, -0.1) is 0 Å². The van der Waals surface area contributed by atoms with Gasteiger partial charge in [-0.2, -0.15) is 0 Å². The number of H-pyrrole nitrogens is 1. The minimum absolute atomic E-state index is 0.403. The van der Waals surface area contributed by atoms with Gasteiger partial charge in [0.2, 0.25) is 10.0 Å². The SMILES string of the molecule is CS(=O)(=O)NCCSc1nc2ccccc2[nH]1. The van der Waals surface area contributed by atoms with Crippen molar-refractivity contribution in [3.63, 3.8) is 0 Å². The topological polar surface area (TPSA) is 74.8 Å². The highest BCUT2D eigenvalue weighted by Crippen LogP contribution is 2.18. The maximum Gasteiger partial charge on any atom is 0.208 e. The van der Waals surface area contributed by atoms with Crippen LogP contribution in [0.5, 0.6) is 0 Å². The van der Waals surface area contributed by atoms with E-state index in [0.717, 1.165) is 22.4 Å². The summed E-state index contributed by atoms with van der Waals surface area (Å²) in [7, 11) is -3.10. The van der Waals surface area contributed by atoms with E-state index >= 15 is 0 Å². The maximum atomic E-state index is 10.8. The number of para-hydroxylation sites is 2. The van der Waals surface area contributed by atoms with Crippen molar-refractivity contribution in [2.24, 2.45) is 0 Å². The first-order valence-electron chi connectivity index (χ1n) is 5.07. The Bertz CT molecular complexity index is 574. The number of aromatic amines is 1. The number of hydrogen-bond donors (Lipinski definition) is 2. The van der Waals surface area contributed by atoms with Crippen LogP contribution in [0.3, 0.4) is 0 Å². The van der Waals surface area contributed by atoms with E-state index in [1.54, 1.807) is 0 Å². The summed E-state index contributed by atoms with van der Waals surface area (Å²) in [6, 6.07) is 7.77. The molecule has 1 aromatic carbocycles. The Kier molecular flexibility index (Phi) is 3.70. The highest BCUT2D eigenvalue weighted by molar-refractivity contribution is 7.99. The van der Waals surface area contributed by atoms with Gasteiger partial charge in [-0.1, -0.05) is 23.9 Å². The van der Waals surface area contributed by atoms with Gasteiger partial charge in [-0.3, -0.25) is 0 Å². The van der Waals surface area contributed by atoms with Crippen molar-refractivity contribution in [3.05, 3.63) is 24.3 Å². The quantitative estimate of drug-likeness (QED) is 0.633. The number of nitrogens with zero attached hydrogens (tertiary/aromatic N) is 1. The Balaban J connectivity index is 1.91. The third kappa shape index (κ3) is 3.72. The number of nitrogens with one attached hydrogen (secondary N) is 2. The first-order valence-corrected chi connectivity index (χ1v) is 7.94. The van der Waals surface area contributed by atoms with Crippen molar-refractivity contribution in [2.75, 3.05) is 18.6 Å². The average Bonchev–Trinajstić information content (AvgIpc) is 2.65. The molecule has 92 valence electrons. The molecule has 0 amide bonds. The zero-order valence-electron chi connectivity index (χ0n) is 9.30. The summed E-state index contributed by atoms with van der Waals surface area (Å²) in [6.45, 7) is 0.403. The minimum atomic E-state index is -3.10. The van der Waals surface area contributed by atoms with Crippen molar-refractivity contribution in [1.29, 1.82) is 0 Å². The summed E-state index contributed by atoms with van der Waals surface area (Å²) in [5.41, 5.74) is 1.91. The van der Waals surface area contributed by atoms with E-state index in [9.17, 15) is 8.42 Å². The lowest BCUT2D eigenvalue weighted by atomic mass is 10.3. The molecule has 0 radical (unpaired) electrons. The lowest BCUT2D eigenvalue weighted by molar-refractivity contribution is 0.590. The second kappa shape index (κ2) is 5.07. The van der Waals surface area contributed by atoms with Gasteiger partial charge in [0.25, 0.3) is 0 Å².